The topological polar surface area (TPSA) is 57.7 Å². The summed E-state index contributed by atoms with van der Waals surface area (Å²) in [6.45, 7) is -0.256. The largest absolute Gasteiger partial charge is 0.280 e. The predicted octanol–water partition coefficient (Wildman–Crippen LogP) is 4.27. The van der Waals surface area contributed by atoms with E-state index >= 15 is 0 Å². The van der Waals surface area contributed by atoms with Gasteiger partial charge in [0.1, 0.15) is 6.54 Å². The fourth-order valence-electron chi connectivity index (χ4n) is 4.12. The Morgan fingerprint density at radius 3 is 1.66 bits per heavy atom. The zero-order valence-electron chi connectivity index (χ0n) is 15.6. The van der Waals surface area contributed by atoms with Gasteiger partial charge in [0.2, 0.25) is 11.8 Å². The van der Waals surface area contributed by atoms with Crippen LogP contribution >= 0.6 is 31.9 Å². The van der Waals surface area contributed by atoms with Gasteiger partial charge in [0.25, 0.3) is 5.91 Å². The molecule has 0 unspecified atom stereocenters. The minimum absolute atomic E-state index is 0.140. The summed E-state index contributed by atoms with van der Waals surface area (Å²) in [5.74, 6) is -1.49. The first kappa shape index (κ1) is 20.3. The third kappa shape index (κ3) is 3.90. The quantitative estimate of drug-likeness (QED) is 0.447. The van der Waals surface area contributed by atoms with E-state index in [1.165, 1.54) is 0 Å². The number of benzene rings is 2. The first-order valence-corrected chi connectivity index (χ1v) is 11.4. The number of likely N-dealkylation sites (tertiary alicyclic amines) is 1. The van der Waals surface area contributed by atoms with Crippen molar-refractivity contribution < 1.29 is 14.4 Å². The smallest absolute Gasteiger partial charge is 0.251 e. The minimum atomic E-state index is -0.352. The molecule has 2 fully saturated rings. The molecule has 0 N–H and O–H groups in total. The number of hydrogen-bond acceptors (Lipinski definition) is 3. The molecule has 1 aliphatic heterocycles. The number of carbonyl (C=O) groups excluding carboxylic acids is 3. The summed E-state index contributed by atoms with van der Waals surface area (Å²) in [7, 11) is 0. The van der Waals surface area contributed by atoms with E-state index in [0.29, 0.717) is 24.2 Å². The lowest BCUT2D eigenvalue weighted by Crippen LogP contribution is -2.41. The molecule has 0 aromatic heterocycles. The molecule has 1 saturated carbocycles. The van der Waals surface area contributed by atoms with Crippen LogP contribution in [-0.4, -0.2) is 38.8 Å². The second kappa shape index (κ2) is 8.40. The Kier molecular flexibility index (Phi) is 5.88. The van der Waals surface area contributed by atoms with E-state index < -0.39 is 0 Å². The molecule has 0 bridgehead atoms. The molecule has 29 heavy (non-hydrogen) atoms. The minimum Gasteiger partial charge on any atom is -0.280 e. The van der Waals surface area contributed by atoms with Crippen molar-refractivity contribution in [3.63, 3.8) is 0 Å². The van der Waals surface area contributed by atoms with Gasteiger partial charge in [0.05, 0.1) is 11.8 Å². The lowest BCUT2D eigenvalue weighted by molar-refractivity contribution is -0.143. The average molecular weight is 520 g/mol. The number of hydrogen-bond donors (Lipinski definition) is 0. The van der Waals surface area contributed by atoms with E-state index in [1.54, 1.807) is 4.90 Å². The number of halogens is 2. The van der Waals surface area contributed by atoms with Crippen LogP contribution in [0.15, 0.2) is 60.7 Å². The van der Waals surface area contributed by atoms with E-state index in [1.807, 2.05) is 60.7 Å². The first-order chi connectivity index (χ1) is 14.0. The predicted molar refractivity (Wildman–Crippen MR) is 118 cm³/mol. The van der Waals surface area contributed by atoms with Crippen LogP contribution in [0.5, 0.6) is 0 Å². The van der Waals surface area contributed by atoms with Crippen molar-refractivity contribution in [2.24, 2.45) is 11.8 Å². The van der Waals surface area contributed by atoms with Gasteiger partial charge in [-0.2, -0.15) is 0 Å². The highest BCUT2D eigenvalue weighted by molar-refractivity contribution is 9.12. The van der Waals surface area contributed by atoms with Crippen molar-refractivity contribution in [3.8, 4) is 0 Å². The van der Waals surface area contributed by atoms with E-state index in [2.05, 4.69) is 31.9 Å². The monoisotopic (exact) mass is 518 g/mol. The van der Waals surface area contributed by atoms with Crippen LogP contribution in [0.3, 0.4) is 0 Å². The van der Waals surface area contributed by atoms with E-state index in [9.17, 15) is 14.4 Å². The van der Waals surface area contributed by atoms with Gasteiger partial charge in [0.15, 0.2) is 0 Å². The number of anilines is 2. The second-order valence-corrected chi connectivity index (χ2v) is 9.73. The summed E-state index contributed by atoms with van der Waals surface area (Å²) in [6.07, 6.45) is 1.19. The highest BCUT2D eigenvalue weighted by atomic mass is 79.9. The van der Waals surface area contributed by atoms with Gasteiger partial charge in [-0.05, 0) is 37.1 Å². The Labute approximate surface area is 186 Å². The summed E-state index contributed by atoms with van der Waals surface area (Å²) in [5, 5.41) is 0. The highest BCUT2D eigenvalue weighted by Crippen LogP contribution is 2.43. The molecule has 5 nitrogen and oxygen atoms in total. The van der Waals surface area contributed by atoms with Crippen LogP contribution in [-0.2, 0) is 14.4 Å². The standard InChI is InChI=1S/C22H20Br2N2O3/c23-18-11-16-17(12-19(18)24)22(29)25(21(16)28)13-20(27)26(14-7-3-1-4-8-14)15-9-5-2-6-10-15/h1-10,16-19H,11-13H2/t16-,17+,18+,19-. The molecule has 0 spiro atoms. The van der Waals surface area contributed by atoms with Gasteiger partial charge in [-0.15, -0.1) is 0 Å². The van der Waals surface area contributed by atoms with E-state index in [4.69, 9.17) is 0 Å². The molecule has 4 rings (SSSR count). The zero-order chi connectivity index (χ0) is 20.5. The van der Waals surface area contributed by atoms with Crippen LogP contribution in [0.2, 0.25) is 0 Å². The molecule has 4 atom stereocenters. The second-order valence-electron chi connectivity index (χ2n) is 7.38. The maximum Gasteiger partial charge on any atom is 0.251 e. The molecular formula is C22H20Br2N2O3. The molecule has 2 aromatic rings. The van der Waals surface area contributed by atoms with Gasteiger partial charge >= 0.3 is 0 Å². The fraction of sp³-hybridized carbons (Fsp3) is 0.318. The molecule has 3 amide bonds. The van der Waals surface area contributed by atoms with Crippen LogP contribution in [0, 0.1) is 11.8 Å². The summed E-state index contributed by atoms with van der Waals surface area (Å²) in [6, 6.07) is 18.5. The van der Waals surface area contributed by atoms with E-state index in [-0.39, 0.29) is 45.8 Å². The normalized spacial score (nSPS) is 26.3. The fourth-order valence-corrected chi connectivity index (χ4v) is 5.35. The number of nitrogens with zero attached hydrogens (tertiary/aromatic N) is 2. The van der Waals surface area contributed by atoms with Crippen LogP contribution in [0.25, 0.3) is 0 Å². The Hall–Kier alpha value is -1.99. The average Bonchev–Trinajstić information content (AvgIpc) is 2.95. The molecule has 1 aliphatic carbocycles. The summed E-state index contributed by atoms with van der Waals surface area (Å²) < 4.78 is 0. The molecule has 150 valence electrons. The third-order valence-electron chi connectivity index (χ3n) is 5.57. The third-order valence-corrected chi connectivity index (χ3v) is 8.31. The molecule has 7 heteroatoms. The van der Waals surface area contributed by atoms with Crippen molar-refractivity contribution >= 4 is 61.0 Å². The molecule has 1 saturated heterocycles. The summed E-state index contributed by atoms with van der Waals surface area (Å²) in [4.78, 5) is 42.1. The van der Waals surface area contributed by atoms with Crippen molar-refractivity contribution in [3.05, 3.63) is 60.7 Å². The Balaban J connectivity index is 1.60. The maximum atomic E-state index is 13.3. The SMILES string of the molecule is O=C1[C@H]2C[C@@H](Br)[C@@H](Br)C[C@H]2C(=O)N1CC(=O)N(c1ccccc1)c1ccccc1. The number of rotatable bonds is 4. The Morgan fingerprint density at radius 1 is 0.828 bits per heavy atom. The number of para-hydroxylation sites is 2. The Morgan fingerprint density at radius 2 is 1.24 bits per heavy atom. The first-order valence-electron chi connectivity index (χ1n) is 9.54. The van der Waals surface area contributed by atoms with Gasteiger partial charge in [-0.3, -0.25) is 24.2 Å². The van der Waals surface area contributed by atoms with Crippen molar-refractivity contribution in [1.82, 2.24) is 4.90 Å². The lowest BCUT2D eigenvalue weighted by atomic mass is 9.81. The number of amides is 3. The van der Waals surface area contributed by atoms with Gasteiger partial charge in [0, 0.05) is 21.0 Å². The van der Waals surface area contributed by atoms with E-state index in [0.717, 1.165) is 4.90 Å². The van der Waals surface area contributed by atoms with Crippen molar-refractivity contribution in [1.29, 1.82) is 0 Å². The van der Waals surface area contributed by atoms with Crippen LogP contribution in [0.1, 0.15) is 12.8 Å². The number of carbonyl (C=O) groups is 3. The molecule has 2 aromatic carbocycles. The van der Waals surface area contributed by atoms with Crippen LogP contribution in [0.4, 0.5) is 11.4 Å². The van der Waals surface area contributed by atoms with Gasteiger partial charge < -0.3 is 0 Å². The molecular weight excluding hydrogens is 500 g/mol. The molecule has 1 heterocycles. The molecule has 0 radical (unpaired) electrons. The molecule has 2 aliphatic rings. The van der Waals surface area contributed by atoms with Crippen molar-refractivity contribution in [2.45, 2.75) is 22.5 Å². The Bertz CT molecular complexity index is 855. The van der Waals surface area contributed by atoms with Crippen molar-refractivity contribution in [2.75, 3.05) is 11.4 Å². The summed E-state index contributed by atoms with van der Waals surface area (Å²) >= 11 is 7.18. The van der Waals surface area contributed by atoms with Gasteiger partial charge in [-0.1, -0.05) is 68.3 Å². The number of fused-ring (bicyclic) bond motifs is 1. The van der Waals surface area contributed by atoms with Gasteiger partial charge in [-0.25, -0.2) is 0 Å². The maximum absolute atomic E-state index is 13.3. The lowest BCUT2D eigenvalue weighted by Gasteiger charge is -2.29. The number of alkyl halides is 2. The highest BCUT2D eigenvalue weighted by Gasteiger charge is 2.52. The zero-order valence-corrected chi connectivity index (χ0v) is 18.8. The summed E-state index contributed by atoms with van der Waals surface area (Å²) in [5.41, 5.74) is 1.39. The number of imide groups is 1. The van der Waals surface area contributed by atoms with Crippen LogP contribution < -0.4 is 4.90 Å².